The van der Waals surface area contributed by atoms with Gasteiger partial charge in [-0.1, -0.05) is 12.8 Å². The quantitative estimate of drug-likeness (QED) is 0.873. The van der Waals surface area contributed by atoms with E-state index in [1.807, 2.05) is 6.07 Å². The number of furan rings is 1. The Bertz CT molecular complexity index is 595. The molecule has 0 spiro atoms. The largest absolute Gasteiger partial charge is 0.472 e. The van der Waals surface area contributed by atoms with Crippen molar-refractivity contribution in [3.05, 3.63) is 29.7 Å². The molecule has 0 saturated heterocycles. The van der Waals surface area contributed by atoms with Crippen LogP contribution in [0.15, 0.2) is 28.4 Å². The maximum atomic E-state index is 12.3. The van der Waals surface area contributed by atoms with Crippen LogP contribution in [-0.2, 0) is 0 Å². The van der Waals surface area contributed by atoms with Gasteiger partial charge in [0.05, 0.1) is 11.8 Å². The zero-order valence-electron chi connectivity index (χ0n) is 11.9. The van der Waals surface area contributed by atoms with Gasteiger partial charge in [0.15, 0.2) is 0 Å². The van der Waals surface area contributed by atoms with Crippen molar-refractivity contribution in [3.8, 4) is 10.6 Å². The number of nitrogens with zero attached hydrogens (tertiary/aromatic N) is 1. The lowest BCUT2D eigenvalue weighted by Crippen LogP contribution is -2.51. The predicted molar refractivity (Wildman–Crippen MR) is 92.0 cm³/mol. The maximum Gasteiger partial charge on any atom is 0.271 e. The number of carbonyl (C=O) groups is 1. The first-order chi connectivity index (χ1) is 9.72. The Kier molecular flexibility index (Phi) is 6.87. The third-order valence-corrected chi connectivity index (χ3v) is 4.73. The Morgan fingerprint density at radius 2 is 2.14 bits per heavy atom. The fourth-order valence-electron chi connectivity index (χ4n) is 2.63. The molecule has 2 aromatic rings. The SMILES string of the molecule is Cl.Cl.NCC1(NC(=O)c2csc(-c3ccoc3)n2)CCCC1. The second kappa shape index (κ2) is 7.97. The summed E-state index contributed by atoms with van der Waals surface area (Å²) in [6, 6.07) is 1.83. The van der Waals surface area contributed by atoms with Crippen LogP contribution in [0, 0.1) is 0 Å². The Balaban J connectivity index is 0.00000121. The molecule has 0 aliphatic heterocycles. The van der Waals surface area contributed by atoms with Crippen molar-refractivity contribution >= 4 is 42.1 Å². The van der Waals surface area contributed by atoms with Gasteiger partial charge < -0.3 is 15.5 Å². The van der Waals surface area contributed by atoms with Gasteiger partial charge in [0.2, 0.25) is 0 Å². The molecule has 0 unspecified atom stereocenters. The third-order valence-electron chi connectivity index (χ3n) is 3.84. The van der Waals surface area contributed by atoms with Crippen LogP contribution in [0.4, 0.5) is 0 Å². The molecule has 0 bridgehead atoms. The number of nitrogens with two attached hydrogens (primary N) is 1. The molecular weight excluding hydrogens is 345 g/mol. The highest BCUT2D eigenvalue weighted by Gasteiger charge is 2.34. The van der Waals surface area contributed by atoms with Crippen LogP contribution in [-0.4, -0.2) is 23.0 Å². The molecule has 22 heavy (non-hydrogen) atoms. The van der Waals surface area contributed by atoms with E-state index in [0.29, 0.717) is 12.2 Å². The lowest BCUT2D eigenvalue weighted by atomic mass is 9.98. The number of thiazole rings is 1. The number of halogens is 2. The van der Waals surface area contributed by atoms with Crippen molar-refractivity contribution in [2.24, 2.45) is 5.73 Å². The molecule has 3 rings (SSSR count). The number of hydrogen-bond donors (Lipinski definition) is 2. The Labute approximate surface area is 145 Å². The maximum absolute atomic E-state index is 12.3. The van der Waals surface area contributed by atoms with Crippen LogP contribution in [0.3, 0.4) is 0 Å². The van der Waals surface area contributed by atoms with E-state index in [2.05, 4.69) is 10.3 Å². The average Bonchev–Trinajstić information content (AvgIpc) is 3.19. The number of nitrogens with one attached hydrogen (secondary N) is 1. The van der Waals surface area contributed by atoms with Crippen molar-refractivity contribution in [2.45, 2.75) is 31.2 Å². The molecule has 122 valence electrons. The van der Waals surface area contributed by atoms with Gasteiger partial charge in [-0.05, 0) is 18.9 Å². The smallest absolute Gasteiger partial charge is 0.271 e. The molecule has 5 nitrogen and oxygen atoms in total. The molecule has 1 aliphatic carbocycles. The molecule has 1 fully saturated rings. The highest BCUT2D eigenvalue weighted by molar-refractivity contribution is 7.13. The standard InChI is InChI=1S/C14H17N3O2S.2ClH/c15-9-14(4-1-2-5-14)17-12(18)11-8-20-13(16-11)10-3-6-19-7-10;;/h3,6-8H,1-2,4-5,9,15H2,(H,17,18);2*1H. The third kappa shape index (κ3) is 3.81. The van der Waals surface area contributed by atoms with E-state index in [1.165, 1.54) is 11.3 Å². The van der Waals surface area contributed by atoms with E-state index in [0.717, 1.165) is 36.3 Å². The normalized spacial score (nSPS) is 15.7. The Hall–Kier alpha value is -1.08. The molecule has 8 heteroatoms. The van der Waals surface area contributed by atoms with Crippen LogP contribution in [0.25, 0.3) is 10.6 Å². The zero-order chi connectivity index (χ0) is 14.0. The van der Waals surface area contributed by atoms with Gasteiger partial charge in [-0.15, -0.1) is 36.2 Å². The van der Waals surface area contributed by atoms with Gasteiger partial charge >= 0.3 is 0 Å². The second-order valence-electron chi connectivity index (χ2n) is 5.20. The summed E-state index contributed by atoms with van der Waals surface area (Å²) in [6.45, 7) is 0.484. The Morgan fingerprint density at radius 3 is 2.73 bits per heavy atom. The highest BCUT2D eigenvalue weighted by Crippen LogP contribution is 2.29. The Morgan fingerprint density at radius 1 is 1.41 bits per heavy atom. The monoisotopic (exact) mass is 363 g/mol. The fraction of sp³-hybridized carbons (Fsp3) is 0.429. The summed E-state index contributed by atoms with van der Waals surface area (Å²) in [5.41, 5.74) is 6.94. The first-order valence-corrected chi connectivity index (χ1v) is 7.61. The van der Waals surface area contributed by atoms with Crippen molar-refractivity contribution in [1.29, 1.82) is 0 Å². The molecule has 2 aromatic heterocycles. The van der Waals surface area contributed by atoms with Crippen LogP contribution in [0.1, 0.15) is 36.2 Å². The average molecular weight is 364 g/mol. The van der Waals surface area contributed by atoms with Gasteiger partial charge in [0, 0.05) is 17.5 Å². The number of hydrogen-bond acceptors (Lipinski definition) is 5. The number of aromatic nitrogens is 1. The zero-order valence-corrected chi connectivity index (χ0v) is 14.4. The van der Waals surface area contributed by atoms with Crippen LogP contribution < -0.4 is 11.1 Å². The highest BCUT2D eigenvalue weighted by atomic mass is 35.5. The first kappa shape index (κ1) is 19.0. The van der Waals surface area contributed by atoms with Crippen molar-refractivity contribution < 1.29 is 9.21 Å². The molecule has 1 amide bonds. The summed E-state index contributed by atoms with van der Waals surface area (Å²) >= 11 is 1.44. The minimum atomic E-state index is -0.240. The van der Waals surface area contributed by atoms with Crippen molar-refractivity contribution in [1.82, 2.24) is 10.3 Å². The van der Waals surface area contributed by atoms with Gasteiger partial charge in [0.25, 0.3) is 5.91 Å². The molecular formula is C14H19Cl2N3O2S. The summed E-state index contributed by atoms with van der Waals surface area (Å²) in [4.78, 5) is 16.7. The lowest BCUT2D eigenvalue weighted by molar-refractivity contribution is 0.0898. The summed E-state index contributed by atoms with van der Waals surface area (Å²) < 4.78 is 5.03. The molecule has 0 aromatic carbocycles. The van der Waals surface area contributed by atoms with Crippen LogP contribution in [0.5, 0.6) is 0 Å². The van der Waals surface area contributed by atoms with E-state index in [-0.39, 0.29) is 36.3 Å². The topological polar surface area (TPSA) is 81.1 Å². The number of carbonyl (C=O) groups excluding carboxylic acids is 1. The number of amides is 1. The van der Waals surface area contributed by atoms with Crippen molar-refractivity contribution in [2.75, 3.05) is 6.54 Å². The van der Waals surface area contributed by atoms with Gasteiger partial charge in [-0.3, -0.25) is 4.79 Å². The van der Waals surface area contributed by atoms with Gasteiger partial charge in [-0.25, -0.2) is 4.98 Å². The van der Waals surface area contributed by atoms with Crippen molar-refractivity contribution in [3.63, 3.8) is 0 Å². The molecule has 3 N–H and O–H groups in total. The summed E-state index contributed by atoms with van der Waals surface area (Å²) in [5.74, 6) is -0.136. The molecule has 0 atom stereocenters. The summed E-state index contributed by atoms with van der Waals surface area (Å²) in [7, 11) is 0. The first-order valence-electron chi connectivity index (χ1n) is 6.73. The van der Waals surface area contributed by atoms with Crippen LogP contribution >= 0.6 is 36.2 Å². The molecule has 1 saturated carbocycles. The van der Waals surface area contributed by atoms with Crippen LogP contribution in [0.2, 0.25) is 0 Å². The fourth-order valence-corrected chi connectivity index (χ4v) is 3.42. The summed E-state index contributed by atoms with van der Waals surface area (Å²) in [6.07, 6.45) is 7.36. The second-order valence-corrected chi connectivity index (χ2v) is 6.05. The van der Waals surface area contributed by atoms with E-state index in [4.69, 9.17) is 10.2 Å². The summed E-state index contributed by atoms with van der Waals surface area (Å²) in [5, 5.41) is 5.64. The van der Waals surface area contributed by atoms with E-state index < -0.39 is 0 Å². The van der Waals surface area contributed by atoms with E-state index in [9.17, 15) is 4.79 Å². The molecule has 0 radical (unpaired) electrons. The molecule has 2 heterocycles. The minimum absolute atomic E-state index is 0. The predicted octanol–water partition coefficient (Wildman–Crippen LogP) is 3.25. The van der Waals surface area contributed by atoms with E-state index in [1.54, 1.807) is 17.9 Å². The lowest BCUT2D eigenvalue weighted by Gasteiger charge is -2.28. The number of rotatable bonds is 4. The van der Waals surface area contributed by atoms with Gasteiger partial charge in [0.1, 0.15) is 17.0 Å². The molecule has 1 aliphatic rings. The van der Waals surface area contributed by atoms with E-state index >= 15 is 0 Å². The minimum Gasteiger partial charge on any atom is -0.472 e. The van der Waals surface area contributed by atoms with Gasteiger partial charge in [-0.2, -0.15) is 0 Å².